The van der Waals surface area contributed by atoms with Crippen LogP contribution in [-0.4, -0.2) is 31.0 Å². The fourth-order valence-electron chi connectivity index (χ4n) is 2.01. The summed E-state index contributed by atoms with van der Waals surface area (Å²) in [5.41, 5.74) is -0.655. The van der Waals surface area contributed by atoms with E-state index < -0.39 is 38.0 Å². The molecular weight excluding hydrogens is 360 g/mol. The number of carbonyl (C=O) groups is 1. The zero-order valence-electron chi connectivity index (χ0n) is 12.0. The smallest absolute Gasteiger partial charge is 0.324 e. The minimum atomic E-state index is -4.49. The Morgan fingerprint density at radius 2 is 1.88 bits per heavy atom. The van der Waals surface area contributed by atoms with Crippen molar-refractivity contribution >= 4 is 39.0 Å². The first-order valence-electron chi connectivity index (χ1n) is 6.47. The van der Waals surface area contributed by atoms with Crippen LogP contribution in [-0.2, 0) is 14.8 Å². The van der Waals surface area contributed by atoms with Crippen LogP contribution in [0.1, 0.15) is 0 Å². The van der Waals surface area contributed by atoms with E-state index in [0.29, 0.717) is 4.31 Å². The van der Waals surface area contributed by atoms with Crippen LogP contribution in [0.3, 0.4) is 0 Å². The summed E-state index contributed by atoms with van der Waals surface area (Å²) in [7, 11) is -4.49. The molecule has 0 radical (unpaired) electrons. The maximum atomic E-state index is 12.8. The van der Waals surface area contributed by atoms with Crippen LogP contribution in [0.4, 0.5) is 11.4 Å². The van der Waals surface area contributed by atoms with Gasteiger partial charge in [-0.1, -0.05) is 29.8 Å². The van der Waals surface area contributed by atoms with Crippen molar-refractivity contribution in [2.75, 3.05) is 10.8 Å². The lowest BCUT2D eigenvalue weighted by Crippen LogP contribution is -2.36. The first-order valence-corrected chi connectivity index (χ1v) is 8.29. The van der Waals surface area contributed by atoms with Crippen LogP contribution >= 0.6 is 11.6 Å². The number of sulfonamides is 1. The molecule has 0 saturated heterocycles. The summed E-state index contributed by atoms with van der Waals surface area (Å²) >= 11 is 5.83. The van der Waals surface area contributed by atoms with Gasteiger partial charge in [0, 0.05) is 11.1 Å². The first-order chi connectivity index (χ1) is 11.2. The predicted octanol–water partition coefficient (Wildman–Crippen LogP) is 2.53. The summed E-state index contributed by atoms with van der Waals surface area (Å²) in [6.07, 6.45) is 0. The van der Waals surface area contributed by atoms with Crippen molar-refractivity contribution in [3.63, 3.8) is 0 Å². The number of aliphatic carboxylic acids is 1. The van der Waals surface area contributed by atoms with Crippen LogP contribution in [0.2, 0.25) is 5.02 Å². The van der Waals surface area contributed by atoms with Gasteiger partial charge >= 0.3 is 5.97 Å². The van der Waals surface area contributed by atoms with Gasteiger partial charge in [-0.05, 0) is 24.3 Å². The molecule has 0 saturated carbocycles. The third-order valence-electron chi connectivity index (χ3n) is 3.01. The molecule has 0 aliphatic carbocycles. The molecule has 2 aromatic rings. The van der Waals surface area contributed by atoms with Crippen LogP contribution in [0, 0.1) is 10.1 Å². The molecule has 0 amide bonds. The standard InChI is InChI=1S/C14H11ClN2O6S/c15-10-4-3-5-11(8-10)16(9-14(18)19)24(22,23)13-7-2-1-6-12(13)17(20)21/h1-8H,9H2,(H,18,19). The second-order valence-electron chi connectivity index (χ2n) is 4.61. The highest BCUT2D eigenvalue weighted by Gasteiger charge is 2.33. The zero-order chi connectivity index (χ0) is 17.9. The summed E-state index contributed by atoms with van der Waals surface area (Å²) in [5, 5.41) is 20.3. The Morgan fingerprint density at radius 1 is 1.21 bits per heavy atom. The molecule has 0 spiro atoms. The fourth-order valence-corrected chi connectivity index (χ4v) is 3.76. The number of carboxylic acids is 1. The maximum absolute atomic E-state index is 12.8. The maximum Gasteiger partial charge on any atom is 0.324 e. The van der Waals surface area contributed by atoms with Crippen LogP contribution in [0.15, 0.2) is 53.4 Å². The highest BCUT2D eigenvalue weighted by atomic mass is 35.5. The molecule has 2 rings (SSSR count). The van der Waals surface area contributed by atoms with Crippen molar-refractivity contribution < 1.29 is 23.2 Å². The molecule has 8 nitrogen and oxygen atoms in total. The average Bonchev–Trinajstić information content (AvgIpc) is 2.52. The largest absolute Gasteiger partial charge is 0.480 e. The lowest BCUT2D eigenvalue weighted by molar-refractivity contribution is -0.387. The first kappa shape index (κ1) is 17.7. The molecule has 0 bridgehead atoms. The summed E-state index contributed by atoms with van der Waals surface area (Å²) < 4.78 is 26.2. The third kappa shape index (κ3) is 3.63. The number of benzene rings is 2. The number of anilines is 1. The molecule has 1 N–H and O–H groups in total. The van der Waals surface area contributed by atoms with E-state index in [4.69, 9.17) is 16.7 Å². The van der Waals surface area contributed by atoms with Gasteiger partial charge in [0.25, 0.3) is 15.7 Å². The molecule has 24 heavy (non-hydrogen) atoms. The number of carboxylic acid groups (broad SMARTS) is 1. The Kier molecular flexibility index (Phi) is 5.05. The van der Waals surface area contributed by atoms with Crippen LogP contribution in [0.5, 0.6) is 0 Å². The molecule has 126 valence electrons. The molecule has 10 heteroatoms. The van der Waals surface area contributed by atoms with E-state index in [2.05, 4.69) is 0 Å². The van der Waals surface area contributed by atoms with Crippen molar-refractivity contribution in [1.29, 1.82) is 0 Å². The summed E-state index contributed by atoms with van der Waals surface area (Å²) in [4.78, 5) is 20.7. The molecule has 0 aliphatic heterocycles. The normalized spacial score (nSPS) is 11.0. The second kappa shape index (κ2) is 6.85. The van der Waals surface area contributed by atoms with Gasteiger partial charge in [-0.15, -0.1) is 0 Å². The Bertz CT molecular complexity index is 900. The Balaban J connectivity index is 2.65. The SMILES string of the molecule is O=C(O)CN(c1cccc(Cl)c1)S(=O)(=O)c1ccccc1[N+](=O)[O-]. The third-order valence-corrected chi connectivity index (χ3v) is 5.06. The number of hydrogen-bond donors (Lipinski definition) is 1. The summed E-state index contributed by atoms with van der Waals surface area (Å²) in [5.74, 6) is -1.42. The van der Waals surface area contributed by atoms with Gasteiger partial charge in [-0.2, -0.15) is 0 Å². The fraction of sp³-hybridized carbons (Fsp3) is 0.0714. The number of nitrogens with zero attached hydrogens (tertiary/aromatic N) is 2. The van der Waals surface area contributed by atoms with Gasteiger partial charge in [-0.3, -0.25) is 19.2 Å². The van der Waals surface area contributed by atoms with Crippen molar-refractivity contribution in [1.82, 2.24) is 0 Å². The van der Waals surface area contributed by atoms with Crippen molar-refractivity contribution in [2.45, 2.75) is 4.90 Å². The van der Waals surface area contributed by atoms with Gasteiger partial charge in [0.2, 0.25) is 0 Å². The number of para-hydroxylation sites is 1. The van der Waals surface area contributed by atoms with Gasteiger partial charge in [0.1, 0.15) is 6.54 Å². The highest BCUT2D eigenvalue weighted by molar-refractivity contribution is 7.93. The summed E-state index contributed by atoms with van der Waals surface area (Å²) in [6.45, 7) is -0.908. The number of rotatable bonds is 6. The summed E-state index contributed by atoms with van der Waals surface area (Å²) in [6, 6.07) is 10.3. The van der Waals surface area contributed by atoms with E-state index in [1.807, 2.05) is 0 Å². The minimum absolute atomic E-state index is 0.0111. The number of halogens is 1. The number of nitro benzene ring substituents is 1. The van der Waals surface area contributed by atoms with Gasteiger partial charge in [0.15, 0.2) is 4.90 Å². The molecular formula is C14H11ClN2O6S. The monoisotopic (exact) mass is 370 g/mol. The van der Waals surface area contributed by atoms with Gasteiger partial charge < -0.3 is 5.11 Å². The van der Waals surface area contributed by atoms with Crippen LogP contribution in [0.25, 0.3) is 0 Å². The predicted molar refractivity (Wildman–Crippen MR) is 86.7 cm³/mol. The second-order valence-corrected chi connectivity index (χ2v) is 6.88. The molecule has 2 aromatic carbocycles. The van der Waals surface area contributed by atoms with E-state index in [1.165, 1.54) is 36.4 Å². The number of nitro groups is 1. The topological polar surface area (TPSA) is 118 Å². The van der Waals surface area contributed by atoms with Crippen molar-refractivity contribution in [2.24, 2.45) is 0 Å². The lowest BCUT2D eigenvalue weighted by atomic mass is 10.3. The van der Waals surface area contributed by atoms with E-state index in [-0.39, 0.29) is 10.7 Å². The van der Waals surface area contributed by atoms with Crippen molar-refractivity contribution in [3.8, 4) is 0 Å². The molecule has 0 aromatic heterocycles. The molecule has 0 heterocycles. The molecule has 0 fully saturated rings. The molecule has 0 unspecified atom stereocenters. The highest BCUT2D eigenvalue weighted by Crippen LogP contribution is 2.30. The van der Waals surface area contributed by atoms with Crippen molar-refractivity contribution in [3.05, 3.63) is 63.7 Å². The van der Waals surface area contributed by atoms with Crippen LogP contribution < -0.4 is 4.31 Å². The molecule has 0 atom stereocenters. The Hall–Kier alpha value is -2.65. The minimum Gasteiger partial charge on any atom is -0.480 e. The Morgan fingerprint density at radius 3 is 2.46 bits per heavy atom. The van der Waals surface area contributed by atoms with Gasteiger partial charge in [0.05, 0.1) is 10.6 Å². The van der Waals surface area contributed by atoms with E-state index >= 15 is 0 Å². The lowest BCUT2D eigenvalue weighted by Gasteiger charge is -2.22. The molecule has 0 aliphatic rings. The van der Waals surface area contributed by atoms with E-state index in [0.717, 1.165) is 12.1 Å². The quantitative estimate of drug-likeness (QED) is 0.616. The average molecular weight is 371 g/mol. The Labute approximate surface area is 142 Å². The van der Waals surface area contributed by atoms with Gasteiger partial charge in [-0.25, -0.2) is 8.42 Å². The zero-order valence-corrected chi connectivity index (χ0v) is 13.6. The van der Waals surface area contributed by atoms with E-state index in [1.54, 1.807) is 0 Å². The van der Waals surface area contributed by atoms with E-state index in [9.17, 15) is 23.3 Å². The number of hydrogen-bond acceptors (Lipinski definition) is 5.